The quantitative estimate of drug-likeness (QED) is 0.0643. The zero-order valence-corrected chi connectivity index (χ0v) is 38.4. The van der Waals surface area contributed by atoms with Gasteiger partial charge in [0.2, 0.25) is 22.4 Å². The van der Waals surface area contributed by atoms with Crippen molar-refractivity contribution < 1.29 is 60.9 Å². The van der Waals surface area contributed by atoms with E-state index in [-0.39, 0.29) is 105 Å². The first-order valence-corrected chi connectivity index (χ1v) is 23.1. The molecule has 2 amide bonds. The van der Waals surface area contributed by atoms with Crippen LogP contribution in [0, 0.1) is 24.4 Å². The number of aromatic nitrogens is 2. The molecule has 0 bridgehead atoms. The van der Waals surface area contributed by atoms with E-state index in [1.54, 1.807) is 32.9 Å². The predicted molar refractivity (Wildman–Crippen MR) is 239 cm³/mol. The van der Waals surface area contributed by atoms with Crippen molar-refractivity contribution in [3.05, 3.63) is 126 Å². The van der Waals surface area contributed by atoms with E-state index >= 15 is 0 Å². The van der Waals surface area contributed by atoms with Gasteiger partial charge in [0.15, 0.2) is 35.4 Å². The third kappa shape index (κ3) is 10.2. The molecule has 0 aliphatic carbocycles. The van der Waals surface area contributed by atoms with Crippen molar-refractivity contribution in [1.29, 1.82) is 0 Å². The third-order valence-corrected chi connectivity index (χ3v) is 12.9. The summed E-state index contributed by atoms with van der Waals surface area (Å²) in [6.45, 7) is 5.90. The average Bonchev–Trinajstić information content (AvgIpc) is 3.87. The number of fused-ring (bicyclic) bond motifs is 4. The summed E-state index contributed by atoms with van der Waals surface area (Å²) in [5.74, 6) is -7.42. The van der Waals surface area contributed by atoms with E-state index in [0.29, 0.717) is 49.3 Å². The number of hydrogen-bond donors (Lipinski definition) is 0. The number of unbranched alkanes of at least 4 members (excludes halogenated alkanes) is 4. The minimum atomic E-state index is -0.977. The van der Waals surface area contributed by atoms with Gasteiger partial charge in [-0.25, -0.2) is 13.2 Å². The highest BCUT2D eigenvalue weighted by Gasteiger charge is 2.45. The smallest absolute Gasteiger partial charge is 0.311 e. The molecule has 4 aliphatic rings. The molecule has 4 aromatic rings. The average molecular weight is 957 g/mol. The lowest BCUT2D eigenvalue weighted by Gasteiger charge is -2.34. The molecule has 4 atom stereocenters. The lowest BCUT2D eigenvalue weighted by Crippen LogP contribution is -2.49. The largest absolute Gasteiger partial charge is 0.420 e. The molecule has 364 valence electrons. The number of rotatable bonds is 18. The SMILES string of the molecule is Cc1ccc(CCC(=O)c2cn3c(c(OC(=O)CCCCCCCC(=O)Oc4c5n(cc(C(=O)CCc6ccc(F)cc6F)c4=O)C[C@H]4OC[C@H](C)N4C5=O)c2=O)C(=O)N2[C@@H](C)CO[C@@H]2C3)c(F)c1. The lowest BCUT2D eigenvalue weighted by molar-refractivity contribution is -0.135. The number of aryl methyl sites for hydroxylation is 3. The Hall–Kier alpha value is -6.73. The number of carbonyl (C=O) groups excluding carboxylic acids is 6. The second kappa shape index (κ2) is 20.5. The van der Waals surface area contributed by atoms with Gasteiger partial charge in [-0.05, 0) is 75.3 Å². The molecular formula is C50H51F3N4O12. The Morgan fingerprint density at radius 1 is 0.609 bits per heavy atom. The summed E-state index contributed by atoms with van der Waals surface area (Å²) < 4.78 is 67.8. The Labute approximate surface area is 393 Å². The number of pyridine rings is 2. The van der Waals surface area contributed by atoms with Crippen LogP contribution in [0.3, 0.4) is 0 Å². The van der Waals surface area contributed by atoms with E-state index in [2.05, 4.69) is 0 Å². The van der Waals surface area contributed by atoms with Gasteiger partial charge in [0.25, 0.3) is 11.8 Å². The maximum absolute atomic E-state index is 14.6. The molecule has 19 heteroatoms. The third-order valence-electron chi connectivity index (χ3n) is 12.9. The van der Waals surface area contributed by atoms with Crippen LogP contribution in [0.1, 0.15) is 130 Å². The molecule has 2 aromatic carbocycles. The van der Waals surface area contributed by atoms with Gasteiger partial charge in [0.1, 0.15) is 17.5 Å². The number of benzene rings is 2. The number of esters is 2. The van der Waals surface area contributed by atoms with Crippen molar-refractivity contribution in [2.45, 2.75) is 129 Å². The van der Waals surface area contributed by atoms with Gasteiger partial charge in [-0.3, -0.25) is 38.4 Å². The van der Waals surface area contributed by atoms with Crippen molar-refractivity contribution >= 4 is 35.3 Å². The number of ketones is 2. The van der Waals surface area contributed by atoms with Crippen LogP contribution in [-0.2, 0) is 45.0 Å². The number of halogens is 3. The van der Waals surface area contributed by atoms with Crippen LogP contribution in [0.5, 0.6) is 11.5 Å². The van der Waals surface area contributed by atoms with Gasteiger partial charge in [0.05, 0.1) is 49.5 Å². The van der Waals surface area contributed by atoms with E-state index in [4.69, 9.17) is 18.9 Å². The van der Waals surface area contributed by atoms with Crippen LogP contribution in [-0.4, -0.2) is 92.0 Å². The molecule has 16 nitrogen and oxygen atoms in total. The van der Waals surface area contributed by atoms with E-state index in [9.17, 15) is 51.5 Å². The molecule has 2 fully saturated rings. The summed E-state index contributed by atoms with van der Waals surface area (Å²) in [6, 6.07) is 6.93. The highest BCUT2D eigenvalue weighted by atomic mass is 19.1. The first kappa shape index (κ1) is 48.7. The standard InChI is InChI=1S/C50H51F3N4O12/c1-27-11-12-30(35(52)19-27)14-17-37(58)33-21-54-23-39-56(28(2)25-66-39)49(64)43(54)47(45(33)62)68-41(60)9-7-5-4-6-8-10-42(61)69-48-44-50(65)57-29(3)26-67-40(57)24-55(44)22-34(46(48)63)38(59)18-15-31-13-16-32(51)20-36(31)53/h11-13,16,19-22,28-29,39-40H,4-10,14-15,17-18,23-26H2,1-3H3/t28-,29-,39+,40+/m0/s1. The Balaban J connectivity index is 0.876. The topological polar surface area (TPSA) is 190 Å². The van der Waals surface area contributed by atoms with Gasteiger partial charge >= 0.3 is 11.9 Å². The highest BCUT2D eigenvalue weighted by Crippen LogP contribution is 2.33. The molecule has 4 aliphatic heterocycles. The van der Waals surface area contributed by atoms with Crippen molar-refractivity contribution in [3.8, 4) is 11.5 Å². The van der Waals surface area contributed by atoms with E-state index in [1.807, 2.05) is 0 Å². The number of hydrogen-bond acceptors (Lipinski definition) is 12. The molecular weight excluding hydrogens is 906 g/mol. The molecule has 2 aromatic heterocycles. The van der Waals surface area contributed by atoms with Gasteiger partial charge < -0.3 is 37.9 Å². The Bertz CT molecular complexity index is 2690. The van der Waals surface area contributed by atoms with Crippen LogP contribution in [0.15, 0.2) is 58.4 Å². The fourth-order valence-corrected chi connectivity index (χ4v) is 9.25. The molecule has 8 rings (SSSR count). The second-order valence-electron chi connectivity index (χ2n) is 18.0. The van der Waals surface area contributed by atoms with Gasteiger partial charge in [-0.15, -0.1) is 0 Å². The summed E-state index contributed by atoms with van der Waals surface area (Å²) in [6.07, 6.45) is 2.27. The van der Waals surface area contributed by atoms with Crippen LogP contribution in [0.25, 0.3) is 0 Å². The highest BCUT2D eigenvalue weighted by molar-refractivity contribution is 6.02. The van der Waals surface area contributed by atoms with Crippen molar-refractivity contribution in [2.75, 3.05) is 13.2 Å². The van der Waals surface area contributed by atoms with Crippen molar-refractivity contribution in [1.82, 2.24) is 18.9 Å². The summed E-state index contributed by atoms with van der Waals surface area (Å²) >= 11 is 0. The van der Waals surface area contributed by atoms with Gasteiger partial charge in [-0.2, -0.15) is 0 Å². The maximum atomic E-state index is 14.6. The molecule has 6 heterocycles. The van der Waals surface area contributed by atoms with Crippen LogP contribution < -0.4 is 20.3 Å². The van der Waals surface area contributed by atoms with Gasteiger partial charge in [-0.1, -0.05) is 37.5 Å². The Morgan fingerprint density at radius 3 is 1.49 bits per heavy atom. The van der Waals surface area contributed by atoms with Gasteiger partial charge in [0, 0.05) is 44.1 Å². The molecule has 0 N–H and O–H groups in total. The monoisotopic (exact) mass is 956 g/mol. The molecule has 0 spiro atoms. The molecule has 2 saturated heterocycles. The summed E-state index contributed by atoms with van der Waals surface area (Å²) in [4.78, 5) is 112. The maximum Gasteiger partial charge on any atom is 0.311 e. The van der Waals surface area contributed by atoms with Crippen LogP contribution in [0.4, 0.5) is 13.2 Å². The number of ether oxygens (including phenoxy) is 4. The van der Waals surface area contributed by atoms with E-state index in [0.717, 1.165) is 6.07 Å². The summed E-state index contributed by atoms with van der Waals surface area (Å²) in [5, 5.41) is 0. The number of nitrogens with zero attached hydrogens (tertiary/aromatic N) is 4. The first-order valence-electron chi connectivity index (χ1n) is 23.1. The number of amides is 2. The van der Waals surface area contributed by atoms with Crippen LogP contribution in [0.2, 0.25) is 0 Å². The fraction of sp³-hybridized carbons (Fsp3) is 0.440. The molecule has 69 heavy (non-hydrogen) atoms. The van der Waals surface area contributed by atoms with Crippen molar-refractivity contribution in [3.63, 3.8) is 0 Å². The zero-order valence-electron chi connectivity index (χ0n) is 38.4. The minimum Gasteiger partial charge on any atom is -0.420 e. The summed E-state index contributed by atoms with van der Waals surface area (Å²) in [7, 11) is 0. The van der Waals surface area contributed by atoms with E-state index < -0.39 is 87.6 Å². The second-order valence-corrected chi connectivity index (χ2v) is 18.0. The Kier molecular flexibility index (Phi) is 14.5. The zero-order chi connectivity index (χ0) is 49.3. The Morgan fingerprint density at radius 2 is 1.04 bits per heavy atom. The predicted octanol–water partition coefficient (Wildman–Crippen LogP) is 6.01. The van der Waals surface area contributed by atoms with Crippen LogP contribution >= 0.6 is 0 Å². The molecule has 0 unspecified atom stereocenters. The molecule has 0 saturated carbocycles. The number of Topliss-reactive ketones (excluding diaryl/α,β-unsaturated/α-hetero) is 2. The minimum absolute atomic E-state index is 0.0130. The molecule has 0 radical (unpaired) electrons. The lowest BCUT2D eigenvalue weighted by atomic mass is 10.0. The van der Waals surface area contributed by atoms with E-state index in [1.165, 1.54) is 43.5 Å². The fourth-order valence-electron chi connectivity index (χ4n) is 9.25. The first-order chi connectivity index (χ1) is 33.0. The van der Waals surface area contributed by atoms with Crippen molar-refractivity contribution in [2.24, 2.45) is 0 Å². The number of carbonyl (C=O) groups is 6. The normalized spacial score (nSPS) is 19.2. The summed E-state index contributed by atoms with van der Waals surface area (Å²) in [5.41, 5.74) is -1.90.